The molecule has 4 rings (SSSR count). The molecule has 2 fully saturated rings. The van der Waals surface area contributed by atoms with Gasteiger partial charge in [-0.1, -0.05) is 0 Å². The Kier molecular flexibility index (Phi) is 4.29. The molecule has 0 bridgehead atoms. The molecule has 6 heteroatoms. The summed E-state index contributed by atoms with van der Waals surface area (Å²) in [4.78, 5) is 31.5. The number of hydrogen-bond acceptors (Lipinski definition) is 4. The van der Waals surface area contributed by atoms with Crippen LogP contribution in [0.3, 0.4) is 0 Å². The Balaban J connectivity index is 1.46. The zero-order valence-corrected chi connectivity index (χ0v) is 14.6. The number of amides is 1. The highest BCUT2D eigenvalue weighted by Gasteiger charge is 2.27. The summed E-state index contributed by atoms with van der Waals surface area (Å²) in [5, 5.41) is 3.61. The van der Waals surface area contributed by atoms with E-state index in [0.29, 0.717) is 24.8 Å². The van der Waals surface area contributed by atoms with Gasteiger partial charge in [0.25, 0.3) is 11.5 Å². The third-order valence-electron chi connectivity index (χ3n) is 5.27. The molecule has 0 spiro atoms. The van der Waals surface area contributed by atoms with Crippen LogP contribution in [0.4, 0.5) is 0 Å². The molecule has 1 aliphatic heterocycles. The van der Waals surface area contributed by atoms with E-state index >= 15 is 0 Å². The molecule has 132 valence electrons. The molecule has 1 N–H and O–H groups in total. The number of nitrogens with zero attached hydrogens (tertiary/aromatic N) is 3. The fraction of sp³-hybridized carbons (Fsp3) is 0.526. The van der Waals surface area contributed by atoms with Crippen molar-refractivity contribution in [3.8, 4) is 0 Å². The molecule has 1 saturated heterocycles. The summed E-state index contributed by atoms with van der Waals surface area (Å²) in [7, 11) is 0. The van der Waals surface area contributed by atoms with Crippen molar-refractivity contribution in [2.75, 3.05) is 19.6 Å². The number of carbonyl (C=O) groups excluding carboxylic acids is 1. The largest absolute Gasteiger partial charge is 0.338 e. The Morgan fingerprint density at radius 2 is 2.04 bits per heavy atom. The van der Waals surface area contributed by atoms with Crippen molar-refractivity contribution in [3.63, 3.8) is 0 Å². The van der Waals surface area contributed by atoms with E-state index in [9.17, 15) is 9.59 Å². The van der Waals surface area contributed by atoms with Gasteiger partial charge < -0.3 is 10.2 Å². The molecule has 2 aromatic heterocycles. The summed E-state index contributed by atoms with van der Waals surface area (Å²) in [5.41, 5.74) is 1.48. The van der Waals surface area contributed by atoms with Crippen LogP contribution >= 0.6 is 0 Å². The van der Waals surface area contributed by atoms with Gasteiger partial charge in [-0.15, -0.1) is 0 Å². The van der Waals surface area contributed by atoms with E-state index < -0.39 is 0 Å². The maximum Gasteiger partial charge on any atom is 0.270 e. The Morgan fingerprint density at radius 3 is 2.76 bits per heavy atom. The molecule has 0 unspecified atom stereocenters. The van der Waals surface area contributed by atoms with Gasteiger partial charge >= 0.3 is 0 Å². The number of piperidine rings is 1. The molecule has 6 nitrogen and oxygen atoms in total. The van der Waals surface area contributed by atoms with Crippen LogP contribution in [-0.4, -0.2) is 45.9 Å². The summed E-state index contributed by atoms with van der Waals surface area (Å²) in [6.07, 6.45) is 7.70. The molecule has 1 aliphatic carbocycles. The Morgan fingerprint density at radius 1 is 1.28 bits per heavy atom. The van der Waals surface area contributed by atoms with Gasteiger partial charge in [0, 0.05) is 31.5 Å². The molecule has 2 aromatic rings. The van der Waals surface area contributed by atoms with Gasteiger partial charge in [0.1, 0.15) is 11.2 Å². The molecule has 1 amide bonds. The average molecular weight is 340 g/mol. The zero-order valence-electron chi connectivity index (χ0n) is 14.6. The maximum atomic E-state index is 12.8. The maximum absolute atomic E-state index is 12.8. The normalized spacial score (nSPS) is 18.7. The quantitative estimate of drug-likeness (QED) is 0.918. The van der Waals surface area contributed by atoms with Crippen molar-refractivity contribution in [2.24, 2.45) is 5.92 Å². The Bertz CT molecular complexity index is 848. The second-order valence-electron chi connectivity index (χ2n) is 7.33. The lowest BCUT2D eigenvalue weighted by Crippen LogP contribution is -2.46. The predicted octanol–water partition coefficient (Wildman–Crippen LogP) is 1.61. The number of fused-ring (bicyclic) bond motifs is 1. The van der Waals surface area contributed by atoms with E-state index in [-0.39, 0.29) is 17.0 Å². The van der Waals surface area contributed by atoms with E-state index in [4.69, 9.17) is 0 Å². The molecular weight excluding hydrogens is 316 g/mol. The molecule has 25 heavy (non-hydrogen) atoms. The molecule has 3 heterocycles. The number of aryl methyl sites for hydroxylation is 1. The van der Waals surface area contributed by atoms with E-state index in [1.165, 1.54) is 23.4 Å². The molecule has 0 aromatic carbocycles. The zero-order chi connectivity index (χ0) is 17.4. The number of hydrogen-bond donors (Lipinski definition) is 1. The first-order chi connectivity index (χ1) is 12.1. The smallest absolute Gasteiger partial charge is 0.270 e. The van der Waals surface area contributed by atoms with Crippen LogP contribution in [-0.2, 0) is 0 Å². The molecule has 2 aliphatic rings. The second kappa shape index (κ2) is 6.59. The van der Waals surface area contributed by atoms with E-state index in [2.05, 4.69) is 10.3 Å². The Hall–Kier alpha value is -2.21. The van der Waals surface area contributed by atoms with Crippen LogP contribution < -0.4 is 10.9 Å². The van der Waals surface area contributed by atoms with Crippen LogP contribution in [0.15, 0.2) is 29.3 Å². The predicted molar refractivity (Wildman–Crippen MR) is 95.9 cm³/mol. The fourth-order valence-electron chi connectivity index (χ4n) is 3.44. The number of aromatic nitrogens is 2. The first-order valence-electron chi connectivity index (χ1n) is 9.12. The topological polar surface area (TPSA) is 66.7 Å². The summed E-state index contributed by atoms with van der Waals surface area (Å²) in [6, 6.07) is 4.18. The minimum atomic E-state index is -0.288. The fourth-order valence-corrected chi connectivity index (χ4v) is 3.44. The van der Waals surface area contributed by atoms with Gasteiger partial charge in [-0.25, -0.2) is 4.98 Å². The van der Waals surface area contributed by atoms with Gasteiger partial charge in [0.05, 0.1) is 0 Å². The minimum absolute atomic E-state index is 0.158. The minimum Gasteiger partial charge on any atom is -0.338 e. The SMILES string of the molecule is Cc1ccn2c(=O)c(C(=O)N3CCC(NCC4CC4)CC3)cnc2c1. The molecule has 0 radical (unpaired) electrons. The molecule has 0 atom stereocenters. The summed E-state index contributed by atoms with van der Waals surface area (Å²) >= 11 is 0. The van der Waals surface area contributed by atoms with Crippen molar-refractivity contribution in [1.82, 2.24) is 19.6 Å². The lowest BCUT2D eigenvalue weighted by Gasteiger charge is -2.32. The van der Waals surface area contributed by atoms with E-state index in [0.717, 1.165) is 30.9 Å². The summed E-state index contributed by atoms with van der Waals surface area (Å²) < 4.78 is 1.45. The van der Waals surface area contributed by atoms with E-state index in [1.54, 1.807) is 11.1 Å². The first-order valence-corrected chi connectivity index (χ1v) is 9.12. The van der Waals surface area contributed by atoms with Crippen molar-refractivity contribution in [1.29, 1.82) is 0 Å². The lowest BCUT2D eigenvalue weighted by atomic mass is 10.0. The summed E-state index contributed by atoms with van der Waals surface area (Å²) in [5.74, 6) is 0.667. The van der Waals surface area contributed by atoms with Crippen molar-refractivity contribution < 1.29 is 4.79 Å². The highest BCUT2D eigenvalue weighted by molar-refractivity contribution is 5.93. The van der Waals surface area contributed by atoms with Crippen LogP contribution in [0.25, 0.3) is 5.65 Å². The standard InChI is InChI=1S/C19H24N4O2/c1-13-4-9-23-17(10-13)21-12-16(19(23)25)18(24)22-7-5-15(6-8-22)20-11-14-2-3-14/h4,9-10,12,14-15,20H,2-3,5-8,11H2,1H3. The molecule has 1 saturated carbocycles. The number of nitrogens with one attached hydrogen (secondary N) is 1. The van der Waals surface area contributed by atoms with Gasteiger partial charge in [0.2, 0.25) is 0 Å². The Labute approximate surface area is 146 Å². The summed E-state index contributed by atoms with van der Waals surface area (Å²) in [6.45, 7) is 4.44. The lowest BCUT2D eigenvalue weighted by molar-refractivity contribution is 0.0702. The van der Waals surface area contributed by atoms with Crippen molar-refractivity contribution in [2.45, 2.75) is 38.6 Å². The number of likely N-dealkylation sites (tertiary alicyclic amines) is 1. The highest BCUT2D eigenvalue weighted by Crippen LogP contribution is 2.28. The molecular formula is C19H24N4O2. The highest BCUT2D eigenvalue weighted by atomic mass is 16.2. The monoisotopic (exact) mass is 340 g/mol. The first kappa shape index (κ1) is 16.3. The van der Waals surface area contributed by atoms with Gasteiger partial charge in [0.15, 0.2) is 0 Å². The van der Waals surface area contributed by atoms with Crippen LogP contribution in [0.2, 0.25) is 0 Å². The number of rotatable bonds is 4. The van der Waals surface area contributed by atoms with Gasteiger partial charge in [-0.3, -0.25) is 14.0 Å². The third kappa shape index (κ3) is 3.44. The van der Waals surface area contributed by atoms with Crippen LogP contribution in [0.1, 0.15) is 41.6 Å². The average Bonchev–Trinajstić information content (AvgIpc) is 3.44. The second-order valence-corrected chi connectivity index (χ2v) is 7.33. The third-order valence-corrected chi connectivity index (χ3v) is 5.27. The number of carbonyl (C=O) groups is 1. The van der Waals surface area contributed by atoms with Crippen LogP contribution in [0, 0.1) is 12.8 Å². The van der Waals surface area contributed by atoms with Crippen molar-refractivity contribution in [3.05, 3.63) is 46.0 Å². The van der Waals surface area contributed by atoms with Gasteiger partial charge in [-0.05, 0) is 62.8 Å². The van der Waals surface area contributed by atoms with E-state index in [1.807, 2.05) is 19.1 Å². The number of pyridine rings is 1. The van der Waals surface area contributed by atoms with Crippen LogP contribution in [0.5, 0.6) is 0 Å². The van der Waals surface area contributed by atoms with Crippen molar-refractivity contribution >= 4 is 11.6 Å². The van der Waals surface area contributed by atoms with Gasteiger partial charge in [-0.2, -0.15) is 0 Å².